The number of nitrogens with one attached hydrogen (secondary N) is 1. The third kappa shape index (κ3) is 3.94. The summed E-state index contributed by atoms with van der Waals surface area (Å²) in [7, 11) is 0. The molecule has 4 aromatic rings. The van der Waals surface area contributed by atoms with Gasteiger partial charge in [0.2, 0.25) is 5.91 Å². The molecule has 1 amide bonds. The van der Waals surface area contributed by atoms with Gasteiger partial charge >= 0.3 is 5.97 Å². The Bertz CT molecular complexity index is 1290. The number of rotatable bonds is 7. The van der Waals surface area contributed by atoms with Crippen molar-refractivity contribution in [2.45, 2.75) is 31.2 Å². The lowest BCUT2D eigenvalue weighted by Crippen LogP contribution is -2.16. The Kier molecular flexibility index (Phi) is 5.99. The van der Waals surface area contributed by atoms with Gasteiger partial charge in [0.05, 0.1) is 18.6 Å². The lowest BCUT2D eigenvalue weighted by atomic mass is 10.1. The number of thioether (sulfide) groups is 1. The van der Waals surface area contributed by atoms with Crippen molar-refractivity contribution in [2.75, 3.05) is 17.7 Å². The van der Waals surface area contributed by atoms with E-state index in [1.165, 1.54) is 33.5 Å². The first kappa shape index (κ1) is 21.2. The number of fused-ring (bicyclic) bond motifs is 3. The molecule has 0 atom stereocenters. The molecule has 4 heterocycles. The van der Waals surface area contributed by atoms with Crippen LogP contribution in [0.4, 0.5) is 5.00 Å². The number of thiophene rings is 2. The monoisotopic (exact) mass is 485 g/mol. The second-order valence-corrected chi connectivity index (χ2v) is 10.0. The first-order valence-corrected chi connectivity index (χ1v) is 12.8. The second-order valence-electron chi connectivity index (χ2n) is 7.10. The van der Waals surface area contributed by atoms with Crippen LogP contribution in [0.25, 0.3) is 21.5 Å². The highest BCUT2D eigenvalue weighted by atomic mass is 32.2. The predicted molar refractivity (Wildman–Crippen MR) is 127 cm³/mol. The number of aromatic nitrogens is 2. The number of aryl methyl sites for hydroxylation is 2. The standard InChI is InChI=1S/C22H19N3O4S3/c1-2-28-22(27)18-13(14-6-4-8-29-14)9-30-21(18)25-16(26)10-31-19-17-12-5-3-7-15(12)32-20(17)24-11-23-19/h4,6,8-9,11H,2-3,5,7,10H2,1H3,(H,25,26). The van der Waals surface area contributed by atoms with E-state index < -0.39 is 5.97 Å². The van der Waals surface area contributed by atoms with Gasteiger partial charge in [-0.3, -0.25) is 4.79 Å². The van der Waals surface area contributed by atoms with Crippen LogP contribution < -0.4 is 5.32 Å². The smallest absolute Gasteiger partial charge is 0.341 e. The van der Waals surface area contributed by atoms with E-state index in [-0.39, 0.29) is 18.3 Å². The number of furan rings is 1. The van der Waals surface area contributed by atoms with Crippen molar-refractivity contribution in [1.29, 1.82) is 0 Å². The molecule has 0 saturated heterocycles. The Balaban J connectivity index is 1.35. The first-order chi connectivity index (χ1) is 15.7. The number of carbonyl (C=O) groups is 2. The fourth-order valence-corrected chi connectivity index (χ4v) is 6.85. The molecule has 0 aromatic carbocycles. The SMILES string of the molecule is CCOC(=O)c1c(-c2ccco2)csc1NC(=O)CSc1ncnc2sc3c(c12)CCC3. The highest BCUT2D eigenvalue weighted by Crippen LogP contribution is 2.40. The van der Waals surface area contributed by atoms with Gasteiger partial charge in [0.1, 0.15) is 32.5 Å². The van der Waals surface area contributed by atoms with Crippen LogP contribution in [-0.4, -0.2) is 34.2 Å². The number of carbonyl (C=O) groups excluding carboxylic acids is 2. The van der Waals surface area contributed by atoms with Gasteiger partial charge in [-0.1, -0.05) is 11.8 Å². The zero-order chi connectivity index (χ0) is 22.1. The summed E-state index contributed by atoms with van der Waals surface area (Å²) in [6, 6.07) is 3.52. The highest BCUT2D eigenvalue weighted by Gasteiger charge is 2.25. The van der Waals surface area contributed by atoms with Crippen LogP contribution >= 0.6 is 34.4 Å². The van der Waals surface area contributed by atoms with Crippen molar-refractivity contribution in [3.05, 3.63) is 46.1 Å². The van der Waals surface area contributed by atoms with Gasteiger partial charge in [-0.05, 0) is 43.9 Å². The van der Waals surface area contributed by atoms with Crippen LogP contribution in [0.1, 0.15) is 34.1 Å². The van der Waals surface area contributed by atoms with Gasteiger partial charge in [0.15, 0.2) is 0 Å². The van der Waals surface area contributed by atoms with Crippen molar-refractivity contribution >= 4 is 61.5 Å². The van der Waals surface area contributed by atoms with E-state index >= 15 is 0 Å². The molecule has 1 aliphatic rings. The zero-order valence-corrected chi connectivity index (χ0v) is 19.6. The molecular weight excluding hydrogens is 466 g/mol. The van der Waals surface area contributed by atoms with E-state index in [9.17, 15) is 9.59 Å². The van der Waals surface area contributed by atoms with Crippen LogP contribution in [0.5, 0.6) is 0 Å². The van der Waals surface area contributed by atoms with E-state index in [0.717, 1.165) is 34.5 Å². The molecule has 0 aliphatic heterocycles. The fourth-order valence-electron chi connectivity index (χ4n) is 3.77. The molecule has 0 fully saturated rings. The van der Waals surface area contributed by atoms with Crippen molar-refractivity contribution < 1.29 is 18.7 Å². The number of esters is 1. The molecular formula is C22H19N3O4S3. The molecule has 1 aliphatic carbocycles. The molecule has 0 bridgehead atoms. The van der Waals surface area contributed by atoms with E-state index in [4.69, 9.17) is 9.15 Å². The van der Waals surface area contributed by atoms with Crippen molar-refractivity contribution in [1.82, 2.24) is 9.97 Å². The molecule has 10 heteroatoms. The first-order valence-electron chi connectivity index (χ1n) is 10.2. The number of nitrogens with zero attached hydrogens (tertiary/aromatic N) is 2. The Hall–Kier alpha value is -2.69. The quantitative estimate of drug-likeness (QED) is 0.212. The molecule has 0 unspecified atom stereocenters. The van der Waals surface area contributed by atoms with Gasteiger partial charge < -0.3 is 14.5 Å². The molecule has 4 aromatic heterocycles. The summed E-state index contributed by atoms with van der Waals surface area (Å²) in [5.41, 5.74) is 2.25. The molecule has 0 radical (unpaired) electrons. The maximum atomic E-state index is 12.8. The molecule has 7 nitrogen and oxygen atoms in total. The number of hydrogen-bond donors (Lipinski definition) is 1. The fraction of sp³-hybridized carbons (Fsp3) is 0.273. The Labute approximate surface area is 196 Å². The zero-order valence-electron chi connectivity index (χ0n) is 17.2. The second kappa shape index (κ2) is 9.05. The minimum atomic E-state index is -0.491. The van der Waals surface area contributed by atoms with Crippen LogP contribution in [0.2, 0.25) is 0 Å². The molecule has 32 heavy (non-hydrogen) atoms. The molecule has 0 saturated carbocycles. The van der Waals surface area contributed by atoms with Gasteiger partial charge in [-0.2, -0.15) is 0 Å². The maximum absolute atomic E-state index is 12.8. The number of anilines is 1. The van der Waals surface area contributed by atoms with E-state index in [2.05, 4.69) is 15.3 Å². The summed E-state index contributed by atoms with van der Waals surface area (Å²) < 4.78 is 10.7. The highest BCUT2D eigenvalue weighted by molar-refractivity contribution is 8.00. The summed E-state index contributed by atoms with van der Waals surface area (Å²) in [6.07, 6.45) is 6.39. The normalized spacial score (nSPS) is 12.8. The van der Waals surface area contributed by atoms with E-state index in [1.54, 1.807) is 48.4 Å². The van der Waals surface area contributed by atoms with E-state index in [1.807, 2.05) is 0 Å². The van der Waals surface area contributed by atoms with Gasteiger partial charge in [0, 0.05) is 21.2 Å². The average molecular weight is 486 g/mol. The third-order valence-electron chi connectivity index (χ3n) is 5.12. The van der Waals surface area contributed by atoms with Crippen LogP contribution in [0.15, 0.2) is 39.5 Å². The summed E-state index contributed by atoms with van der Waals surface area (Å²) in [6.45, 7) is 1.99. The number of ether oxygens (including phenoxy) is 1. The van der Waals surface area contributed by atoms with Gasteiger partial charge in [-0.15, -0.1) is 22.7 Å². The number of amides is 1. The predicted octanol–water partition coefficient (Wildman–Crippen LogP) is 5.41. The third-order valence-corrected chi connectivity index (χ3v) is 8.20. The van der Waals surface area contributed by atoms with Crippen LogP contribution in [0.3, 0.4) is 0 Å². The lowest BCUT2D eigenvalue weighted by Gasteiger charge is -2.08. The topological polar surface area (TPSA) is 94.3 Å². The summed E-state index contributed by atoms with van der Waals surface area (Å²) >= 11 is 4.39. The van der Waals surface area contributed by atoms with Crippen molar-refractivity contribution in [3.63, 3.8) is 0 Å². The summed E-state index contributed by atoms with van der Waals surface area (Å²) in [4.78, 5) is 36.6. The number of hydrogen-bond acceptors (Lipinski definition) is 9. The van der Waals surface area contributed by atoms with Gasteiger partial charge in [-0.25, -0.2) is 14.8 Å². The molecule has 5 rings (SSSR count). The molecule has 0 spiro atoms. The summed E-state index contributed by atoms with van der Waals surface area (Å²) in [5, 5.41) is 7.03. The maximum Gasteiger partial charge on any atom is 0.341 e. The van der Waals surface area contributed by atoms with Crippen LogP contribution in [-0.2, 0) is 22.4 Å². The molecule has 1 N–H and O–H groups in total. The van der Waals surface area contributed by atoms with E-state index in [0.29, 0.717) is 21.9 Å². The lowest BCUT2D eigenvalue weighted by molar-refractivity contribution is -0.113. The largest absolute Gasteiger partial charge is 0.464 e. The minimum absolute atomic E-state index is 0.174. The molecule has 164 valence electrons. The van der Waals surface area contributed by atoms with Crippen molar-refractivity contribution in [2.24, 2.45) is 0 Å². The van der Waals surface area contributed by atoms with Gasteiger partial charge in [0.25, 0.3) is 0 Å². The van der Waals surface area contributed by atoms with Crippen LogP contribution in [0, 0.1) is 0 Å². The summed E-state index contributed by atoms with van der Waals surface area (Å²) in [5.74, 6) is 0.0165. The Morgan fingerprint density at radius 3 is 3.03 bits per heavy atom. The Morgan fingerprint density at radius 1 is 1.31 bits per heavy atom. The average Bonchev–Trinajstić information content (AvgIpc) is 3.55. The minimum Gasteiger partial charge on any atom is -0.464 e. The Morgan fingerprint density at radius 2 is 2.22 bits per heavy atom. The van der Waals surface area contributed by atoms with Crippen molar-refractivity contribution in [3.8, 4) is 11.3 Å².